The van der Waals surface area contributed by atoms with Crippen LogP contribution in [0.4, 0.5) is 4.79 Å². The number of carbonyl (C=O) groups excluding carboxylic acids is 1. The van der Waals surface area contributed by atoms with Crippen LogP contribution in [0, 0.1) is 0 Å². The van der Waals surface area contributed by atoms with Crippen LogP contribution in [-0.2, 0) is 4.74 Å². The summed E-state index contributed by atoms with van der Waals surface area (Å²) in [7, 11) is 0. The van der Waals surface area contributed by atoms with Crippen LogP contribution in [-0.4, -0.2) is 28.5 Å². The van der Waals surface area contributed by atoms with Crippen LogP contribution in [0.3, 0.4) is 0 Å². The average molecular weight is 253 g/mol. The van der Waals surface area contributed by atoms with E-state index in [4.69, 9.17) is 4.74 Å². The van der Waals surface area contributed by atoms with Crippen molar-refractivity contribution in [2.75, 3.05) is 6.61 Å². The molecular formula is C13H19NO4. The first-order valence-corrected chi connectivity index (χ1v) is 5.72. The second kappa shape index (κ2) is 5.73. The Balaban J connectivity index is 2.74. The zero-order chi connectivity index (χ0) is 13.8. The lowest BCUT2D eigenvalue weighted by atomic mass is 10.1. The molecule has 3 N–H and O–H groups in total. The van der Waals surface area contributed by atoms with Crippen LogP contribution >= 0.6 is 0 Å². The first-order chi connectivity index (χ1) is 8.33. The molecule has 0 bridgehead atoms. The molecule has 0 saturated heterocycles. The summed E-state index contributed by atoms with van der Waals surface area (Å²) < 4.78 is 5.09. The molecule has 0 radical (unpaired) electrons. The average Bonchev–Trinajstić information content (AvgIpc) is 2.24. The van der Waals surface area contributed by atoms with Crippen LogP contribution in [0.5, 0.6) is 5.75 Å². The largest absolute Gasteiger partial charge is 0.508 e. The van der Waals surface area contributed by atoms with Gasteiger partial charge in [0.2, 0.25) is 0 Å². The number of benzene rings is 1. The number of hydrogen-bond donors (Lipinski definition) is 3. The quantitative estimate of drug-likeness (QED) is 0.769. The Hall–Kier alpha value is -1.75. The topological polar surface area (TPSA) is 78.8 Å². The predicted octanol–water partition coefficient (Wildman–Crippen LogP) is 1.95. The summed E-state index contributed by atoms with van der Waals surface area (Å²) in [4.78, 5) is 11.6. The van der Waals surface area contributed by atoms with Gasteiger partial charge in [-0.2, -0.15) is 0 Å². The van der Waals surface area contributed by atoms with Crippen molar-refractivity contribution >= 4 is 6.09 Å². The van der Waals surface area contributed by atoms with Gasteiger partial charge in [-0.25, -0.2) is 4.79 Å². The molecule has 1 amide bonds. The predicted molar refractivity (Wildman–Crippen MR) is 67.3 cm³/mol. The van der Waals surface area contributed by atoms with E-state index < -0.39 is 17.7 Å². The fraction of sp³-hybridized carbons (Fsp3) is 0.462. The second-order valence-corrected chi connectivity index (χ2v) is 4.94. The highest BCUT2D eigenvalue weighted by atomic mass is 16.6. The number of amides is 1. The van der Waals surface area contributed by atoms with Gasteiger partial charge in [0, 0.05) is 5.56 Å². The van der Waals surface area contributed by atoms with Crippen LogP contribution in [0.2, 0.25) is 0 Å². The number of aliphatic hydroxyl groups is 1. The van der Waals surface area contributed by atoms with Crippen LogP contribution < -0.4 is 5.32 Å². The molecule has 0 spiro atoms. The van der Waals surface area contributed by atoms with E-state index in [0.29, 0.717) is 5.56 Å². The minimum Gasteiger partial charge on any atom is -0.508 e. The first-order valence-electron chi connectivity index (χ1n) is 5.72. The van der Waals surface area contributed by atoms with Crippen LogP contribution in [0.15, 0.2) is 24.3 Å². The summed E-state index contributed by atoms with van der Waals surface area (Å²) in [5.41, 5.74) is -0.158. The zero-order valence-electron chi connectivity index (χ0n) is 10.8. The van der Waals surface area contributed by atoms with Gasteiger partial charge in [-0.1, -0.05) is 18.2 Å². The number of carbonyl (C=O) groups is 1. The summed E-state index contributed by atoms with van der Waals surface area (Å²) in [5, 5.41) is 21.4. The van der Waals surface area contributed by atoms with Gasteiger partial charge in [0.05, 0.1) is 12.6 Å². The van der Waals surface area contributed by atoms with Crippen molar-refractivity contribution in [3.05, 3.63) is 29.8 Å². The molecule has 5 heteroatoms. The monoisotopic (exact) mass is 253 g/mol. The maximum absolute atomic E-state index is 11.6. The molecule has 1 aromatic rings. The number of hydrogen-bond acceptors (Lipinski definition) is 4. The molecule has 0 fully saturated rings. The normalized spacial score (nSPS) is 12.9. The number of phenolic OH excluding ortho intramolecular Hbond substituents is 1. The van der Waals surface area contributed by atoms with Gasteiger partial charge < -0.3 is 20.3 Å². The highest BCUT2D eigenvalue weighted by Crippen LogP contribution is 2.23. The SMILES string of the molecule is CC(C)(C)OC(=O)N[C@H](CO)c1ccccc1O. The Kier molecular flexibility index (Phi) is 4.55. The smallest absolute Gasteiger partial charge is 0.408 e. The molecule has 100 valence electrons. The Bertz CT molecular complexity index is 412. The molecule has 0 aromatic heterocycles. The van der Waals surface area contributed by atoms with Crippen molar-refractivity contribution in [3.8, 4) is 5.75 Å². The lowest BCUT2D eigenvalue weighted by Crippen LogP contribution is -2.36. The number of rotatable bonds is 3. The van der Waals surface area contributed by atoms with E-state index >= 15 is 0 Å². The Morgan fingerprint density at radius 1 is 1.39 bits per heavy atom. The Morgan fingerprint density at radius 3 is 2.50 bits per heavy atom. The molecule has 0 saturated carbocycles. The Labute approximate surface area is 106 Å². The highest BCUT2D eigenvalue weighted by molar-refractivity contribution is 5.68. The van der Waals surface area contributed by atoms with Gasteiger partial charge >= 0.3 is 6.09 Å². The third kappa shape index (κ3) is 4.25. The molecule has 1 aromatic carbocycles. The third-order valence-corrected chi connectivity index (χ3v) is 2.19. The summed E-state index contributed by atoms with van der Waals surface area (Å²) in [6.45, 7) is 4.93. The van der Waals surface area contributed by atoms with Crippen LogP contribution in [0.25, 0.3) is 0 Å². The van der Waals surface area contributed by atoms with Crippen molar-refractivity contribution < 1.29 is 19.7 Å². The second-order valence-electron chi connectivity index (χ2n) is 4.94. The number of phenols is 1. The molecule has 5 nitrogen and oxygen atoms in total. The van der Waals surface area contributed by atoms with Gasteiger partial charge in [-0.15, -0.1) is 0 Å². The highest BCUT2D eigenvalue weighted by Gasteiger charge is 2.21. The third-order valence-electron chi connectivity index (χ3n) is 2.19. The number of nitrogens with one attached hydrogen (secondary N) is 1. The minimum absolute atomic E-state index is 0.0209. The van der Waals surface area contributed by atoms with Crippen molar-refractivity contribution in [2.45, 2.75) is 32.4 Å². The first kappa shape index (κ1) is 14.3. The van der Waals surface area contributed by atoms with Gasteiger partial charge in [-0.05, 0) is 26.8 Å². The number of para-hydroxylation sites is 1. The van der Waals surface area contributed by atoms with Crippen molar-refractivity contribution in [1.29, 1.82) is 0 Å². The lowest BCUT2D eigenvalue weighted by Gasteiger charge is -2.23. The molecule has 0 aliphatic heterocycles. The van der Waals surface area contributed by atoms with Crippen molar-refractivity contribution in [1.82, 2.24) is 5.32 Å². The van der Waals surface area contributed by atoms with E-state index in [1.54, 1.807) is 39.0 Å². The molecule has 0 aliphatic carbocycles. The number of aliphatic hydroxyl groups excluding tert-OH is 1. The lowest BCUT2D eigenvalue weighted by molar-refractivity contribution is 0.0481. The van der Waals surface area contributed by atoms with E-state index in [9.17, 15) is 15.0 Å². The van der Waals surface area contributed by atoms with E-state index in [0.717, 1.165) is 0 Å². The Morgan fingerprint density at radius 2 is 2.00 bits per heavy atom. The summed E-state index contributed by atoms with van der Waals surface area (Å²) >= 11 is 0. The van der Waals surface area contributed by atoms with Gasteiger partial charge in [0.1, 0.15) is 11.4 Å². The molecule has 0 aliphatic rings. The minimum atomic E-state index is -0.693. The van der Waals surface area contributed by atoms with Crippen molar-refractivity contribution in [2.24, 2.45) is 0 Å². The van der Waals surface area contributed by atoms with E-state index in [1.807, 2.05) is 0 Å². The van der Waals surface area contributed by atoms with E-state index in [2.05, 4.69) is 5.32 Å². The fourth-order valence-electron chi connectivity index (χ4n) is 1.45. The number of alkyl carbamates (subject to hydrolysis) is 1. The van der Waals surface area contributed by atoms with Gasteiger partial charge in [-0.3, -0.25) is 0 Å². The summed E-state index contributed by atoms with van der Waals surface area (Å²) in [5.74, 6) is 0.0209. The zero-order valence-corrected chi connectivity index (χ0v) is 10.8. The molecule has 0 unspecified atom stereocenters. The summed E-state index contributed by atoms with van der Waals surface area (Å²) in [6, 6.07) is 5.82. The number of ether oxygens (including phenoxy) is 1. The fourth-order valence-corrected chi connectivity index (χ4v) is 1.45. The standard InChI is InChI=1S/C13H19NO4/c1-13(2,3)18-12(17)14-10(8-15)9-6-4-5-7-11(9)16/h4-7,10,15-16H,8H2,1-3H3,(H,14,17)/t10-/m1/s1. The van der Waals surface area contributed by atoms with Gasteiger partial charge in [0.15, 0.2) is 0 Å². The molecule has 1 atom stereocenters. The van der Waals surface area contributed by atoms with Gasteiger partial charge in [0.25, 0.3) is 0 Å². The summed E-state index contributed by atoms with van der Waals surface area (Å²) in [6.07, 6.45) is -0.634. The maximum atomic E-state index is 11.6. The molecule has 18 heavy (non-hydrogen) atoms. The molecule has 1 rings (SSSR count). The van der Waals surface area contributed by atoms with E-state index in [1.165, 1.54) is 6.07 Å². The number of aromatic hydroxyl groups is 1. The van der Waals surface area contributed by atoms with Crippen molar-refractivity contribution in [3.63, 3.8) is 0 Å². The van der Waals surface area contributed by atoms with Crippen LogP contribution in [0.1, 0.15) is 32.4 Å². The molecular weight excluding hydrogens is 234 g/mol. The van der Waals surface area contributed by atoms with E-state index in [-0.39, 0.29) is 12.4 Å². The maximum Gasteiger partial charge on any atom is 0.408 e. The molecule has 0 heterocycles.